The van der Waals surface area contributed by atoms with E-state index in [1.54, 1.807) is 0 Å². The lowest BCUT2D eigenvalue weighted by Gasteiger charge is -2.37. The summed E-state index contributed by atoms with van der Waals surface area (Å²) in [6.07, 6.45) is 0.217. The first-order valence-electron chi connectivity index (χ1n) is 8.86. The maximum atomic E-state index is 11.5. The molecule has 0 saturated carbocycles. The van der Waals surface area contributed by atoms with Crippen molar-refractivity contribution in [2.75, 3.05) is 13.1 Å². The highest BCUT2D eigenvalue weighted by Gasteiger charge is 2.56. The largest absolute Gasteiger partial charge is 0.466 e. The Labute approximate surface area is 173 Å². The van der Waals surface area contributed by atoms with Crippen LogP contribution in [0.5, 0.6) is 5.75 Å². The van der Waals surface area contributed by atoms with Crippen molar-refractivity contribution in [3.05, 3.63) is 59.7 Å². The Morgan fingerprint density at radius 2 is 1.86 bits per heavy atom. The number of ether oxygens (including phenoxy) is 1. The number of sulfonamides is 1. The van der Waals surface area contributed by atoms with Gasteiger partial charge in [0.2, 0.25) is 15.1 Å². The molecule has 3 N–H and O–H groups in total. The summed E-state index contributed by atoms with van der Waals surface area (Å²) in [5.74, 6) is 0.396. The topological polar surface area (TPSA) is 92.9 Å². The molecule has 28 heavy (non-hydrogen) atoms. The van der Waals surface area contributed by atoms with E-state index in [1.165, 1.54) is 24.3 Å². The first-order chi connectivity index (χ1) is 13.2. The van der Waals surface area contributed by atoms with E-state index in [2.05, 4.69) is 0 Å². The predicted octanol–water partition coefficient (Wildman–Crippen LogP) is 2.53. The molecule has 1 aliphatic carbocycles. The van der Waals surface area contributed by atoms with Crippen LogP contribution in [0.25, 0.3) is 0 Å². The van der Waals surface area contributed by atoms with E-state index in [4.69, 9.17) is 33.1 Å². The lowest BCUT2D eigenvalue weighted by Crippen LogP contribution is -2.48. The van der Waals surface area contributed by atoms with E-state index in [0.29, 0.717) is 25.3 Å². The number of aliphatic hydroxyl groups is 1. The summed E-state index contributed by atoms with van der Waals surface area (Å²) in [6, 6.07) is 12.9. The molecular formula is C19H20Cl2N2O4S. The van der Waals surface area contributed by atoms with E-state index in [1.807, 2.05) is 29.2 Å². The van der Waals surface area contributed by atoms with Crippen LogP contribution < -0.4 is 9.88 Å². The van der Waals surface area contributed by atoms with Gasteiger partial charge in [-0.2, -0.15) is 0 Å². The number of β-amino-alcohol motifs (C(OH)–C–C–N with tert-alkyl or cyclic N) is 1. The maximum Gasteiger partial charge on any atom is 0.238 e. The minimum Gasteiger partial charge on any atom is -0.466 e. The first kappa shape index (κ1) is 19.9. The third-order valence-corrected chi connectivity index (χ3v) is 7.20. The van der Waals surface area contributed by atoms with E-state index < -0.39 is 32.6 Å². The number of primary sulfonamides is 1. The van der Waals surface area contributed by atoms with Gasteiger partial charge >= 0.3 is 0 Å². The number of alkyl halides is 2. The second-order valence-corrected chi connectivity index (χ2v) is 9.73. The molecule has 2 aromatic rings. The zero-order chi connectivity index (χ0) is 20.1. The lowest BCUT2D eigenvalue weighted by atomic mass is 10.1. The van der Waals surface area contributed by atoms with Gasteiger partial charge in [-0.25, -0.2) is 13.6 Å². The number of nitrogens with zero attached hydrogens (tertiary/aromatic N) is 1. The Bertz CT molecular complexity index is 986. The Morgan fingerprint density at radius 1 is 1.18 bits per heavy atom. The first-order valence-corrected chi connectivity index (χ1v) is 11.2. The van der Waals surface area contributed by atoms with Gasteiger partial charge in [0.25, 0.3) is 0 Å². The van der Waals surface area contributed by atoms with Gasteiger partial charge < -0.3 is 9.84 Å². The molecule has 2 aromatic carbocycles. The fraction of sp³-hybridized carbons (Fsp3) is 0.368. The highest BCUT2D eigenvalue weighted by atomic mass is 35.5. The quantitative estimate of drug-likeness (QED) is 0.709. The average molecular weight is 443 g/mol. The second kappa shape index (κ2) is 7.16. The van der Waals surface area contributed by atoms with Crippen LogP contribution in [0.1, 0.15) is 22.9 Å². The van der Waals surface area contributed by atoms with E-state index in [-0.39, 0.29) is 4.90 Å². The van der Waals surface area contributed by atoms with Crippen LogP contribution in [-0.4, -0.2) is 43.7 Å². The zero-order valence-electron chi connectivity index (χ0n) is 14.8. The number of nitrogens with two attached hydrogens (primary N) is 1. The standard InChI is InChI=1S/C19H20Cl2N2O4S/c20-17-15-3-1-2-4-16(15)19(21,18(17)23-10-9-12(24)11-23)27-13-5-7-14(8-6-13)28(22,25)26/h1-8,12,17-18,24H,9-11H2,(H2,22,25,26)/t12?,17?,18-,19+/m0/s1. The van der Waals surface area contributed by atoms with Crippen molar-refractivity contribution in [2.24, 2.45) is 5.14 Å². The molecule has 4 atom stereocenters. The van der Waals surface area contributed by atoms with Crippen LogP contribution in [0.15, 0.2) is 53.4 Å². The number of hydrogen-bond acceptors (Lipinski definition) is 5. The fourth-order valence-corrected chi connectivity index (χ4v) is 5.62. The van der Waals surface area contributed by atoms with Crippen LogP contribution in [0.4, 0.5) is 0 Å². The monoisotopic (exact) mass is 442 g/mol. The minimum absolute atomic E-state index is 0.00951. The molecule has 1 saturated heterocycles. The van der Waals surface area contributed by atoms with Crippen LogP contribution >= 0.6 is 23.2 Å². The van der Waals surface area contributed by atoms with Gasteiger partial charge in [0, 0.05) is 18.7 Å². The summed E-state index contributed by atoms with van der Waals surface area (Å²) in [5.41, 5.74) is 1.64. The highest BCUT2D eigenvalue weighted by molar-refractivity contribution is 7.89. The number of fused-ring (bicyclic) bond motifs is 1. The Kier molecular flexibility index (Phi) is 5.10. The van der Waals surface area contributed by atoms with E-state index >= 15 is 0 Å². The molecule has 1 heterocycles. The van der Waals surface area contributed by atoms with Gasteiger partial charge in [0.15, 0.2) is 0 Å². The normalized spacial score (nSPS) is 30.4. The van der Waals surface area contributed by atoms with Gasteiger partial charge in [-0.1, -0.05) is 35.9 Å². The van der Waals surface area contributed by atoms with Gasteiger partial charge in [-0.3, -0.25) is 4.90 Å². The highest BCUT2D eigenvalue weighted by Crippen LogP contribution is 2.54. The number of halogens is 2. The van der Waals surface area contributed by atoms with Gasteiger partial charge in [0.1, 0.15) is 5.75 Å². The van der Waals surface area contributed by atoms with Gasteiger partial charge in [-0.05, 0) is 36.2 Å². The average Bonchev–Trinajstić information content (AvgIpc) is 3.15. The molecular weight excluding hydrogens is 423 g/mol. The number of aliphatic hydroxyl groups excluding tert-OH is 1. The lowest BCUT2D eigenvalue weighted by molar-refractivity contribution is 0.0481. The van der Waals surface area contributed by atoms with Crippen molar-refractivity contribution >= 4 is 33.2 Å². The van der Waals surface area contributed by atoms with Crippen molar-refractivity contribution in [3.8, 4) is 5.75 Å². The fourth-order valence-electron chi connectivity index (χ4n) is 3.99. The molecule has 2 unspecified atom stereocenters. The Hall–Kier alpha value is -1.35. The predicted molar refractivity (Wildman–Crippen MR) is 107 cm³/mol. The zero-order valence-corrected chi connectivity index (χ0v) is 17.2. The van der Waals surface area contributed by atoms with Crippen molar-refractivity contribution < 1.29 is 18.3 Å². The van der Waals surface area contributed by atoms with Crippen molar-refractivity contribution in [1.82, 2.24) is 4.90 Å². The van der Waals surface area contributed by atoms with Crippen LogP contribution in [0, 0.1) is 0 Å². The van der Waals surface area contributed by atoms with E-state index in [0.717, 1.165) is 11.1 Å². The molecule has 0 aromatic heterocycles. The van der Waals surface area contributed by atoms with Crippen molar-refractivity contribution in [3.63, 3.8) is 0 Å². The summed E-state index contributed by atoms with van der Waals surface area (Å²) < 4.78 is 29.2. The molecule has 0 spiro atoms. The third kappa shape index (κ3) is 3.40. The van der Waals surface area contributed by atoms with Crippen LogP contribution in [0.3, 0.4) is 0 Å². The molecule has 4 rings (SSSR count). The van der Waals surface area contributed by atoms with Crippen molar-refractivity contribution in [2.45, 2.75) is 33.9 Å². The van der Waals surface area contributed by atoms with Crippen LogP contribution in [0.2, 0.25) is 0 Å². The molecule has 6 nitrogen and oxygen atoms in total. The Morgan fingerprint density at radius 3 is 2.46 bits per heavy atom. The molecule has 1 aliphatic heterocycles. The molecule has 0 radical (unpaired) electrons. The van der Waals surface area contributed by atoms with Crippen molar-refractivity contribution in [1.29, 1.82) is 0 Å². The third-order valence-electron chi connectivity index (χ3n) is 5.29. The van der Waals surface area contributed by atoms with Crippen LogP contribution in [-0.2, 0) is 15.1 Å². The molecule has 1 fully saturated rings. The molecule has 150 valence electrons. The molecule has 0 amide bonds. The number of likely N-dealkylation sites (tertiary alicyclic amines) is 1. The maximum absolute atomic E-state index is 11.5. The van der Waals surface area contributed by atoms with Gasteiger partial charge in [-0.15, -0.1) is 11.6 Å². The van der Waals surface area contributed by atoms with E-state index in [9.17, 15) is 13.5 Å². The Balaban J connectivity index is 1.72. The number of rotatable bonds is 4. The molecule has 2 aliphatic rings. The SMILES string of the molecule is NS(=O)(=O)c1ccc(O[C@]2(Cl)c3ccccc3C(Cl)[C@@H]2N2CCC(O)C2)cc1. The summed E-state index contributed by atoms with van der Waals surface area (Å²) in [6.45, 7) is 1.12. The van der Waals surface area contributed by atoms with Gasteiger partial charge in [0.05, 0.1) is 22.4 Å². The number of hydrogen-bond donors (Lipinski definition) is 2. The number of benzene rings is 2. The summed E-state index contributed by atoms with van der Waals surface area (Å²) >= 11 is 13.9. The molecule has 9 heteroatoms. The summed E-state index contributed by atoms with van der Waals surface area (Å²) in [5, 5.41) is 13.4. The summed E-state index contributed by atoms with van der Waals surface area (Å²) in [4.78, 5) is 2.04. The second-order valence-electron chi connectivity index (χ2n) is 7.13. The summed E-state index contributed by atoms with van der Waals surface area (Å²) in [7, 11) is -3.80. The smallest absolute Gasteiger partial charge is 0.238 e. The molecule has 0 bridgehead atoms. The minimum atomic E-state index is -3.80.